The van der Waals surface area contributed by atoms with Gasteiger partial charge in [0.05, 0.1) is 23.1 Å². The maximum absolute atomic E-state index is 13.7. The molecule has 3 heterocycles. The van der Waals surface area contributed by atoms with Crippen molar-refractivity contribution in [1.82, 2.24) is 20.0 Å². The third kappa shape index (κ3) is 4.09. The molecular formula is C28H23FN6S. The molecule has 0 saturated carbocycles. The summed E-state index contributed by atoms with van der Waals surface area (Å²) in [6.07, 6.45) is 0.701. The molecule has 0 N–H and O–H groups in total. The van der Waals surface area contributed by atoms with Crippen molar-refractivity contribution in [2.24, 2.45) is 5.10 Å². The fraction of sp³-hybridized carbons (Fsp3) is 0.143. The number of halogens is 1. The molecule has 2 aromatic heterocycles. The minimum atomic E-state index is -0.253. The maximum atomic E-state index is 13.7. The van der Waals surface area contributed by atoms with Crippen LogP contribution in [0.15, 0.2) is 89.3 Å². The van der Waals surface area contributed by atoms with Crippen molar-refractivity contribution >= 4 is 22.2 Å². The van der Waals surface area contributed by atoms with Gasteiger partial charge in [-0.2, -0.15) is 5.10 Å². The molecule has 178 valence electrons. The second kappa shape index (κ2) is 9.13. The van der Waals surface area contributed by atoms with Crippen LogP contribution in [0.2, 0.25) is 0 Å². The van der Waals surface area contributed by atoms with Gasteiger partial charge in [-0.1, -0.05) is 65.4 Å². The Balaban J connectivity index is 1.37. The summed E-state index contributed by atoms with van der Waals surface area (Å²) in [5.74, 6) is -0.253. The molecule has 0 radical (unpaired) electrons. The van der Waals surface area contributed by atoms with Crippen molar-refractivity contribution in [3.63, 3.8) is 0 Å². The lowest BCUT2D eigenvalue weighted by Gasteiger charge is -2.21. The first-order chi connectivity index (χ1) is 17.6. The summed E-state index contributed by atoms with van der Waals surface area (Å²) in [6, 6.07) is 24.9. The molecule has 36 heavy (non-hydrogen) atoms. The van der Waals surface area contributed by atoms with Crippen LogP contribution in [0.4, 0.5) is 9.52 Å². The SMILES string of the molecule is Cc1ccc(C2=NN(c3nc(-c4nnn(-c5ccccc5)c4C)cs3)[C@@H](c3ccc(F)cc3)C2)cc1. The molecule has 5 aromatic rings. The lowest BCUT2D eigenvalue weighted by molar-refractivity contribution is 0.624. The van der Waals surface area contributed by atoms with Gasteiger partial charge in [-0.05, 0) is 49.2 Å². The first-order valence-electron chi connectivity index (χ1n) is 11.7. The standard InChI is InChI=1S/C28H23FN6S/c1-18-8-10-20(11-9-18)24-16-26(21-12-14-22(29)15-13-21)35(32-24)28-30-25(17-36-28)27-19(2)34(33-31-27)23-6-4-3-5-7-23/h3-15,17,26H,16H2,1-2H3/t26-/m1/s1. The van der Waals surface area contributed by atoms with Gasteiger partial charge in [0.25, 0.3) is 0 Å². The van der Waals surface area contributed by atoms with E-state index in [0.29, 0.717) is 6.42 Å². The first kappa shape index (κ1) is 22.3. The Hall–Kier alpha value is -4.17. The van der Waals surface area contributed by atoms with Crippen LogP contribution in [0.25, 0.3) is 17.1 Å². The molecule has 0 bridgehead atoms. The second-order valence-electron chi connectivity index (χ2n) is 8.81. The highest BCUT2D eigenvalue weighted by Crippen LogP contribution is 2.39. The number of rotatable bonds is 5. The molecule has 1 aliphatic heterocycles. The maximum Gasteiger partial charge on any atom is 0.207 e. The van der Waals surface area contributed by atoms with Gasteiger partial charge in [0.1, 0.15) is 17.2 Å². The number of hydrogen-bond acceptors (Lipinski definition) is 6. The largest absolute Gasteiger partial charge is 0.231 e. The smallest absolute Gasteiger partial charge is 0.207 e. The number of benzene rings is 3. The number of para-hydroxylation sites is 1. The normalized spacial score (nSPS) is 15.4. The summed E-state index contributed by atoms with van der Waals surface area (Å²) in [6.45, 7) is 4.06. The minimum absolute atomic E-state index is 0.0815. The molecule has 3 aromatic carbocycles. The Morgan fingerprint density at radius 1 is 0.917 bits per heavy atom. The van der Waals surface area contributed by atoms with Gasteiger partial charge < -0.3 is 0 Å². The number of aryl methyl sites for hydroxylation is 1. The van der Waals surface area contributed by atoms with Gasteiger partial charge >= 0.3 is 0 Å². The van der Waals surface area contributed by atoms with Gasteiger partial charge in [-0.15, -0.1) is 16.4 Å². The third-order valence-electron chi connectivity index (χ3n) is 6.38. The molecule has 0 spiro atoms. The number of hydrazone groups is 1. The third-order valence-corrected chi connectivity index (χ3v) is 7.21. The Labute approximate surface area is 212 Å². The second-order valence-corrected chi connectivity index (χ2v) is 9.65. The molecule has 8 heteroatoms. The molecule has 6 nitrogen and oxygen atoms in total. The van der Waals surface area contributed by atoms with E-state index in [1.165, 1.54) is 29.0 Å². The molecule has 0 amide bonds. The summed E-state index contributed by atoms with van der Waals surface area (Å²) >= 11 is 1.51. The highest BCUT2D eigenvalue weighted by molar-refractivity contribution is 7.14. The summed E-state index contributed by atoms with van der Waals surface area (Å²) in [7, 11) is 0. The van der Waals surface area contributed by atoms with E-state index in [2.05, 4.69) is 41.5 Å². The molecule has 6 rings (SSSR count). The summed E-state index contributed by atoms with van der Waals surface area (Å²) in [5.41, 5.74) is 7.61. The quantitative estimate of drug-likeness (QED) is 0.280. The Kier molecular flexibility index (Phi) is 5.65. The average Bonchev–Trinajstić information content (AvgIpc) is 3.64. The Morgan fingerprint density at radius 3 is 2.42 bits per heavy atom. The van der Waals surface area contributed by atoms with E-state index < -0.39 is 0 Å². The highest BCUT2D eigenvalue weighted by Gasteiger charge is 2.32. The van der Waals surface area contributed by atoms with Crippen LogP contribution in [0.1, 0.15) is 34.8 Å². The number of nitrogens with zero attached hydrogens (tertiary/aromatic N) is 6. The van der Waals surface area contributed by atoms with E-state index in [1.54, 1.807) is 0 Å². The predicted octanol–water partition coefficient (Wildman–Crippen LogP) is 6.50. The van der Waals surface area contributed by atoms with E-state index in [4.69, 9.17) is 10.1 Å². The number of anilines is 1. The van der Waals surface area contributed by atoms with Crippen molar-refractivity contribution in [3.8, 4) is 17.1 Å². The number of hydrogen-bond donors (Lipinski definition) is 0. The first-order valence-corrected chi connectivity index (χ1v) is 12.6. The Morgan fingerprint density at radius 2 is 1.67 bits per heavy atom. The molecule has 0 unspecified atom stereocenters. The molecule has 0 fully saturated rings. The molecular weight excluding hydrogens is 471 g/mol. The van der Waals surface area contributed by atoms with E-state index >= 15 is 0 Å². The topological polar surface area (TPSA) is 59.2 Å². The summed E-state index contributed by atoms with van der Waals surface area (Å²) in [5, 5.41) is 18.5. The van der Waals surface area contributed by atoms with Gasteiger partial charge in [-0.3, -0.25) is 0 Å². The van der Waals surface area contributed by atoms with Crippen LogP contribution < -0.4 is 5.01 Å². The van der Waals surface area contributed by atoms with E-state index in [-0.39, 0.29) is 11.9 Å². The van der Waals surface area contributed by atoms with E-state index in [0.717, 1.165) is 44.7 Å². The summed E-state index contributed by atoms with van der Waals surface area (Å²) in [4.78, 5) is 4.91. The van der Waals surface area contributed by atoms with Gasteiger partial charge in [0.2, 0.25) is 5.13 Å². The zero-order valence-corrected chi connectivity index (χ0v) is 20.7. The zero-order valence-electron chi connectivity index (χ0n) is 19.8. The predicted molar refractivity (Wildman–Crippen MR) is 141 cm³/mol. The Bertz CT molecular complexity index is 1540. The van der Waals surface area contributed by atoms with Gasteiger partial charge in [-0.25, -0.2) is 19.1 Å². The minimum Gasteiger partial charge on any atom is -0.231 e. The summed E-state index contributed by atoms with van der Waals surface area (Å²) < 4.78 is 15.5. The van der Waals surface area contributed by atoms with Gasteiger partial charge in [0.15, 0.2) is 0 Å². The fourth-order valence-corrected chi connectivity index (χ4v) is 5.22. The van der Waals surface area contributed by atoms with Crippen molar-refractivity contribution in [2.45, 2.75) is 26.3 Å². The van der Waals surface area contributed by atoms with Crippen molar-refractivity contribution in [3.05, 3.63) is 112 Å². The van der Waals surface area contributed by atoms with Crippen LogP contribution in [0.3, 0.4) is 0 Å². The van der Waals surface area contributed by atoms with Crippen LogP contribution in [-0.2, 0) is 0 Å². The number of aromatic nitrogens is 4. The van der Waals surface area contributed by atoms with Crippen molar-refractivity contribution in [1.29, 1.82) is 0 Å². The zero-order chi connectivity index (χ0) is 24.6. The van der Waals surface area contributed by atoms with Crippen LogP contribution in [0.5, 0.6) is 0 Å². The average molecular weight is 495 g/mol. The van der Waals surface area contributed by atoms with Gasteiger partial charge in [0, 0.05) is 11.8 Å². The van der Waals surface area contributed by atoms with Crippen LogP contribution >= 0.6 is 11.3 Å². The van der Waals surface area contributed by atoms with Crippen LogP contribution in [-0.4, -0.2) is 25.7 Å². The lowest BCUT2D eigenvalue weighted by atomic mass is 9.98. The molecule has 1 aliphatic rings. The van der Waals surface area contributed by atoms with E-state index in [1.807, 2.05) is 64.5 Å². The van der Waals surface area contributed by atoms with Crippen LogP contribution in [0, 0.1) is 19.7 Å². The lowest BCUT2D eigenvalue weighted by Crippen LogP contribution is -2.18. The highest BCUT2D eigenvalue weighted by atomic mass is 32.1. The van der Waals surface area contributed by atoms with E-state index in [9.17, 15) is 4.39 Å². The molecule has 0 aliphatic carbocycles. The van der Waals surface area contributed by atoms with Crippen molar-refractivity contribution in [2.75, 3.05) is 5.01 Å². The monoisotopic (exact) mass is 494 g/mol. The molecule has 0 saturated heterocycles. The molecule has 1 atom stereocenters. The van der Waals surface area contributed by atoms with Crippen molar-refractivity contribution < 1.29 is 4.39 Å². The fourth-order valence-electron chi connectivity index (χ4n) is 4.41. The number of thiazole rings is 1.